The molecule has 2 N–H and O–H groups in total. The number of hydrazine groups is 1. The van der Waals surface area contributed by atoms with Crippen molar-refractivity contribution in [3.05, 3.63) is 24.3 Å². The maximum absolute atomic E-state index is 13.0. The number of anilines is 1. The minimum Gasteiger partial charge on any atom is -0.477 e. The maximum atomic E-state index is 13.0. The van der Waals surface area contributed by atoms with Crippen LogP contribution in [0, 0.1) is 0 Å². The number of piperidine rings is 1. The smallest absolute Gasteiger partial charge is 0.344 e. The molecule has 0 saturated carbocycles. The Kier molecular flexibility index (Phi) is 5.94. The number of benzene rings is 1. The first kappa shape index (κ1) is 21.9. The number of amides is 5. The second kappa shape index (κ2) is 8.68. The van der Waals surface area contributed by atoms with E-state index in [-0.39, 0.29) is 19.0 Å². The fourth-order valence-electron chi connectivity index (χ4n) is 4.26. The van der Waals surface area contributed by atoms with Crippen molar-refractivity contribution in [3.8, 4) is 5.75 Å². The molecule has 1 aromatic carbocycles. The van der Waals surface area contributed by atoms with E-state index in [1.807, 2.05) is 23.1 Å². The summed E-state index contributed by atoms with van der Waals surface area (Å²) in [5.74, 6) is -0.596. The Morgan fingerprint density at radius 2 is 1.91 bits per heavy atom. The van der Waals surface area contributed by atoms with Gasteiger partial charge in [-0.3, -0.25) is 19.8 Å². The van der Waals surface area contributed by atoms with E-state index in [0.29, 0.717) is 30.9 Å². The van der Waals surface area contributed by atoms with Crippen molar-refractivity contribution in [1.82, 2.24) is 20.7 Å². The first-order valence-corrected chi connectivity index (χ1v) is 11.1. The summed E-state index contributed by atoms with van der Waals surface area (Å²) < 4.78 is 5.97. The van der Waals surface area contributed by atoms with Gasteiger partial charge in [0, 0.05) is 13.1 Å². The maximum Gasteiger partial charge on any atom is 0.344 e. The van der Waals surface area contributed by atoms with E-state index in [9.17, 15) is 19.2 Å². The number of hydrogen-bond donors (Lipinski definition) is 2. The number of hydrogen-bond acceptors (Lipinski definition) is 6. The van der Waals surface area contributed by atoms with Crippen molar-refractivity contribution >= 4 is 29.4 Å². The van der Waals surface area contributed by atoms with Gasteiger partial charge in [-0.05, 0) is 44.7 Å². The van der Waals surface area contributed by atoms with E-state index < -0.39 is 29.5 Å². The lowest BCUT2D eigenvalue weighted by atomic mass is 10.00. The zero-order valence-electron chi connectivity index (χ0n) is 18.4. The predicted molar refractivity (Wildman–Crippen MR) is 116 cm³/mol. The SMILES string of the molecule is CC[C@]1(C)NC(=O)N(NC(=O)CN2C[C@@H](C(=O)N3CCCCC3)Oc3ccccc32)C1=O. The first-order chi connectivity index (χ1) is 15.3. The second-order valence-electron chi connectivity index (χ2n) is 8.63. The Morgan fingerprint density at radius 1 is 1.19 bits per heavy atom. The van der Waals surface area contributed by atoms with Crippen LogP contribution in [0.2, 0.25) is 0 Å². The van der Waals surface area contributed by atoms with Crippen molar-refractivity contribution in [1.29, 1.82) is 0 Å². The summed E-state index contributed by atoms with van der Waals surface area (Å²) in [6, 6.07) is 6.55. The van der Waals surface area contributed by atoms with Gasteiger partial charge in [-0.1, -0.05) is 19.1 Å². The molecule has 172 valence electrons. The van der Waals surface area contributed by atoms with Crippen LogP contribution < -0.4 is 20.4 Å². The molecular formula is C22H29N5O5. The van der Waals surface area contributed by atoms with E-state index in [2.05, 4.69) is 10.7 Å². The van der Waals surface area contributed by atoms with Crippen LogP contribution in [-0.4, -0.2) is 71.5 Å². The van der Waals surface area contributed by atoms with E-state index >= 15 is 0 Å². The average molecular weight is 444 g/mol. The highest BCUT2D eigenvalue weighted by atomic mass is 16.5. The van der Waals surface area contributed by atoms with E-state index in [1.54, 1.807) is 24.8 Å². The second-order valence-corrected chi connectivity index (χ2v) is 8.63. The molecule has 3 aliphatic heterocycles. The molecule has 2 saturated heterocycles. The van der Waals surface area contributed by atoms with Crippen LogP contribution in [0.4, 0.5) is 10.5 Å². The lowest BCUT2D eigenvalue weighted by Crippen LogP contribution is -2.55. The molecule has 3 aliphatic rings. The molecular weight excluding hydrogens is 414 g/mol. The summed E-state index contributed by atoms with van der Waals surface area (Å²) in [7, 11) is 0. The first-order valence-electron chi connectivity index (χ1n) is 11.1. The van der Waals surface area contributed by atoms with Crippen molar-refractivity contribution < 1.29 is 23.9 Å². The molecule has 1 aromatic rings. The largest absolute Gasteiger partial charge is 0.477 e. The lowest BCUT2D eigenvalue weighted by molar-refractivity contribution is -0.139. The number of likely N-dealkylation sites (tertiary alicyclic amines) is 1. The van der Waals surface area contributed by atoms with Gasteiger partial charge >= 0.3 is 6.03 Å². The van der Waals surface area contributed by atoms with Crippen molar-refractivity contribution in [3.63, 3.8) is 0 Å². The number of rotatable bonds is 5. The minimum absolute atomic E-state index is 0.0857. The third-order valence-electron chi connectivity index (χ3n) is 6.34. The van der Waals surface area contributed by atoms with Crippen LogP contribution in [0.15, 0.2) is 24.3 Å². The van der Waals surface area contributed by atoms with Crippen LogP contribution in [0.3, 0.4) is 0 Å². The molecule has 0 radical (unpaired) electrons. The number of carbonyl (C=O) groups excluding carboxylic acids is 4. The molecule has 2 atom stereocenters. The minimum atomic E-state index is -1.04. The van der Waals surface area contributed by atoms with Gasteiger partial charge in [-0.25, -0.2) is 4.79 Å². The van der Waals surface area contributed by atoms with Gasteiger partial charge in [0.25, 0.3) is 17.7 Å². The quantitative estimate of drug-likeness (QED) is 0.658. The van der Waals surface area contributed by atoms with Crippen molar-refractivity contribution in [2.45, 2.75) is 51.2 Å². The van der Waals surface area contributed by atoms with Gasteiger partial charge in [0.1, 0.15) is 11.3 Å². The summed E-state index contributed by atoms with van der Waals surface area (Å²) >= 11 is 0. The molecule has 32 heavy (non-hydrogen) atoms. The zero-order chi connectivity index (χ0) is 22.9. The molecule has 3 heterocycles. The lowest BCUT2D eigenvalue weighted by Gasteiger charge is -2.38. The van der Waals surface area contributed by atoms with Crippen LogP contribution in [0.1, 0.15) is 39.5 Å². The Morgan fingerprint density at radius 3 is 2.59 bits per heavy atom. The summed E-state index contributed by atoms with van der Waals surface area (Å²) in [6.45, 7) is 4.89. The van der Waals surface area contributed by atoms with Crippen LogP contribution in [0.25, 0.3) is 0 Å². The Balaban J connectivity index is 1.47. The van der Waals surface area contributed by atoms with Crippen molar-refractivity contribution in [2.75, 3.05) is 31.1 Å². The van der Waals surface area contributed by atoms with Gasteiger partial charge in [-0.15, -0.1) is 0 Å². The highest BCUT2D eigenvalue weighted by Gasteiger charge is 2.47. The van der Waals surface area contributed by atoms with E-state index in [1.165, 1.54) is 0 Å². The zero-order valence-corrected chi connectivity index (χ0v) is 18.4. The number of para-hydroxylation sites is 2. The predicted octanol–water partition coefficient (Wildman–Crippen LogP) is 1.02. The molecule has 2 fully saturated rings. The third-order valence-corrected chi connectivity index (χ3v) is 6.34. The number of imide groups is 1. The molecule has 0 aliphatic carbocycles. The van der Waals surface area contributed by atoms with Gasteiger partial charge < -0.3 is 19.9 Å². The number of carbonyl (C=O) groups is 4. The van der Waals surface area contributed by atoms with Gasteiger partial charge in [-0.2, -0.15) is 5.01 Å². The molecule has 5 amide bonds. The van der Waals surface area contributed by atoms with E-state index in [0.717, 1.165) is 24.3 Å². The molecule has 0 bridgehead atoms. The number of urea groups is 1. The molecule has 0 spiro atoms. The average Bonchev–Trinajstić information content (AvgIpc) is 3.02. The molecule has 10 heteroatoms. The summed E-state index contributed by atoms with van der Waals surface area (Å²) in [5, 5.41) is 3.33. The van der Waals surface area contributed by atoms with Crippen molar-refractivity contribution in [2.24, 2.45) is 0 Å². The molecule has 0 unspecified atom stereocenters. The highest BCUT2D eigenvalue weighted by Crippen LogP contribution is 2.33. The summed E-state index contributed by atoms with van der Waals surface area (Å²) in [6.07, 6.45) is 2.75. The van der Waals surface area contributed by atoms with Crippen LogP contribution in [-0.2, 0) is 14.4 Å². The molecule has 0 aromatic heterocycles. The summed E-state index contributed by atoms with van der Waals surface area (Å²) in [5.41, 5.74) is 2.05. The number of ether oxygens (including phenoxy) is 1. The third kappa shape index (κ3) is 4.09. The Hall–Kier alpha value is -3.30. The molecule has 4 rings (SSSR count). The normalized spacial score (nSPS) is 25.2. The van der Waals surface area contributed by atoms with Gasteiger partial charge in [0.05, 0.1) is 18.8 Å². The fraction of sp³-hybridized carbons (Fsp3) is 0.545. The fourth-order valence-corrected chi connectivity index (χ4v) is 4.26. The monoisotopic (exact) mass is 443 g/mol. The van der Waals surface area contributed by atoms with Gasteiger partial charge in [0.2, 0.25) is 0 Å². The van der Waals surface area contributed by atoms with Crippen LogP contribution >= 0.6 is 0 Å². The number of fused-ring (bicyclic) bond motifs is 1. The van der Waals surface area contributed by atoms with Crippen LogP contribution in [0.5, 0.6) is 5.75 Å². The topological polar surface area (TPSA) is 111 Å². The highest BCUT2D eigenvalue weighted by molar-refractivity contribution is 6.07. The number of nitrogens with one attached hydrogen (secondary N) is 2. The molecule has 10 nitrogen and oxygen atoms in total. The Labute approximate surface area is 186 Å². The Bertz CT molecular complexity index is 931. The standard InChI is InChI=1S/C22H29N5O5/c1-3-22(2)20(30)27(21(31)23-22)24-18(28)14-26-13-17(19(29)25-11-7-4-8-12-25)32-16-10-6-5-9-15(16)26/h5-6,9-10,17H,3-4,7-8,11-14H2,1-2H3,(H,23,31)(H,24,28)/t17-,22-/m0/s1. The van der Waals surface area contributed by atoms with Gasteiger partial charge in [0.15, 0.2) is 6.10 Å². The van der Waals surface area contributed by atoms with E-state index in [4.69, 9.17) is 4.74 Å². The summed E-state index contributed by atoms with van der Waals surface area (Å²) in [4.78, 5) is 54.1. The number of nitrogens with zero attached hydrogens (tertiary/aromatic N) is 3.